The molecule has 5 nitrogen and oxygen atoms in total. The van der Waals surface area contributed by atoms with Gasteiger partial charge in [0.2, 0.25) is 0 Å². The molecule has 0 atom stereocenters. The Balaban J connectivity index is 2.46. The zero-order valence-electron chi connectivity index (χ0n) is 14.1. The fraction of sp³-hybridized carbons (Fsp3) is 0.750. The van der Waals surface area contributed by atoms with E-state index >= 15 is 0 Å². The maximum absolute atomic E-state index is 5.38. The van der Waals surface area contributed by atoms with Crippen LogP contribution in [0.2, 0.25) is 0 Å². The normalized spacial score (nSPS) is 12.0. The van der Waals surface area contributed by atoms with Crippen LogP contribution >= 0.6 is 0 Å². The Bertz CT molecular complexity index is 416. The number of aliphatic imine (C=N–C) groups is 1. The summed E-state index contributed by atoms with van der Waals surface area (Å²) >= 11 is 0. The van der Waals surface area contributed by atoms with Crippen LogP contribution in [0.4, 0.5) is 0 Å². The minimum Gasteiger partial charge on any atom is -0.361 e. The van der Waals surface area contributed by atoms with Gasteiger partial charge in [-0.1, -0.05) is 32.9 Å². The van der Waals surface area contributed by atoms with Crippen LogP contribution in [0.15, 0.2) is 9.52 Å². The van der Waals surface area contributed by atoms with Gasteiger partial charge in [0.25, 0.3) is 0 Å². The Hall–Kier alpha value is -1.52. The van der Waals surface area contributed by atoms with E-state index < -0.39 is 0 Å². The maximum atomic E-state index is 5.38. The Kier molecular flexibility index (Phi) is 7.87. The molecule has 0 saturated carbocycles. The molecule has 0 aliphatic rings. The van der Waals surface area contributed by atoms with Crippen LogP contribution in [-0.2, 0) is 19.4 Å². The van der Waals surface area contributed by atoms with Crippen LogP contribution in [0.1, 0.15) is 57.6 Å². The fourth-order valence-electron chi connectivity index (χ4n) is 2.25. The first-order valence-electron chi connectivity index (χ1n) is 8.03. The van der Waals surface area contributed by atoms with Crippen LogP contribution in [0.25, 0.3) is 0 Å². The molecule has 0 fully saturated rings. The van der Waals surface area contributed by atoms with Crippen molar-refractivity contribution >= 4 is 5.96 Å². The average molecular weight is 294 g/mol. The Labute approximate surface area is 128 Å². The average Bonchev–Trinajstić information content (AvgIpc) is 2.88. The lowest BCUT2D eigenvalue weighted by molar-refractivity contribution is 0.380. The number of rotatable bonds is 8. The van der Waals surface area contributed by atoms with Gasteiger partial charge in [-0.2, -0.15) is 0 Å². The van der Waals surface area contributed by atoms with Crippen LogP contribution in [-0.4, -0.2) is 24.7 Å². The lowest BCUT2D eigenvalue weighted by Gasteiger charge is -2.12. The van der Waals surface area contributed by atoms with E-state index in [1.54, 1.807) is 7.05 Å². The number of aryl methyl sites for hydroxylation is 2. The van der Waals surface area contributed by atoms with E-state index in [-0.39, 0.29) is 0 Å². The van der Waals surface area contributed by atoms with Crippen molar-refractivity contribution in [2.75, 3.05) is 13.6 Å². The third-order valence-corrected chi connectivity index (χ3v) is 3.51. The van der Waals surface area contributed by atoms with Crippen molar-refractivity contribution in [2.45, 2.75) is 59.9 Å². The third kappa shape index (κ3) is 5.78. The minimum atomic E-state index is 0.708. The molecule has 0 unspecified atom stereocenters. The largest absolute Gasteiger partial charge is 0.361 e. The van der Waals surface area contributed by atoms with Gasteiger partial charge in [-0.25, -0.2) is 0 Å². The summed E-state index contributed by atoms with van der Waals surface area (Å²) in [6.07, 6.45) is 4.15. The number of guanidine groups is 1. The standard InChI is InChI=1S/C16H30N4O/c1-6-14-13(15(7-2)21-20-14)11-19-16(17-5)18-10-8-9-12(3)4/h12H,6-11H2,1-5H3,(H2,17,18,19). The van der Waals surface area contributed by atoms with Crippen LogP contribution < -0.4 is 10.6 Å². The zero-order chi connectivity index (χ0) is 15.7. The first kappa shape index (κ1) is 17.5. The highest BCUT2D eigenvalue weighted by atomic mass is 16.5. The summed E-state index contributed by atoms with van der Waals surface area (Å²) in [5.74, 6) is 2.55. The van der Waals surface area contributed by atoms with Gasteiger partial charge in [-0.3, -0.25) is 4.99 Å². The summed E-state index contributed by atoms with van der Waals surface area (Å²) in [4.78, 5) is 4.26. The second-order valence-electron chi connectivity index (χ2n) is 5.63. The molecule has 0 aliphatic heterocycles. The molecule has 0 amide bonds. The number of aromatic nitrogens is 1. The van der Waals surface area contributed by atoms with Crippen LogP contribution in [0.5, 0.6) is 0 Å². The Morgan fingerprint density at radius 2 is 2.00 bits per heavy atom. The van der Waals surface area contributed by atoms with Crippen molar-refractivity contribution in [3.05, 3.63) is 17.0 Å². The summed E-state index contributed by atoms with van der Waals surface area (Å²) in [6, 6.07) is 0. The number of hydrogen-bond donors (Lipinski definition) is 2. The molecular formula is C16H30N4O. The second kappa shape index (κ2) is 9.42. The summed E-state index contributed by atoms with van der Waals surface area (Å²) in [6.45, 7) is 10.3. The van der Waals surface area contributed by atoms with Crippen LogP contribution in [0, 0.1) is 5.92 Å². The van der Waals surface area contributed by atoms with Crippen LogP contribution in [0.3, 0.4) is 0 Å². The van der Waals surface area contributed by atoms with E-state index in [9.17, 15) is 0 Å². The summed E-state index contributed by atoms with van der Waals surface area (Å²) in [5, 5.41) is 10.8. The summed E-state index contributed by atoms with van der Waals surface area (Å²) < 4.78 is 5.38. The van der Waals surface area contributed by atoms with Crippen molar-refractivity contribution in [2.24, 2.45) is 10.9 Å². The topological polar surface area (TPSA) is 62.5 Å². The van der Waals surface area contributed by atoms with Gasteiger partial charge >= 0.3 is 0 Å². The molecule has 1 rings (SSSR count). The lowest BCUT2D eigenvalue weighted by Crippen LogP contribution is -2.37. The van der Waals surface area contributed by atoms with Gasteiger partial charge < -0.3 is 15.2 Å². The molecule has 0 spiro atoms. The molecule has 0 aromatic carbocycles. The predicted molar refractivity (Wildman–Crippen MR) is 87.5 cm³/mol. The predicted octanol–water partition coefficient (Wildman–Crippen LogP) is 2.90. The number of nitrogens with one attached hydrogen (secondary N) is 2. The smallest absolute Gasteiger partial charge is 0.191 e. The maximum Gasteiger partial charge on any atom is 0.191 e. The monoisotopic (exact) mass is 294 g/mol. The first-order chi connectivity index (χ1) is 10.1. The molecule has 0 radical (unpaired) electrons. The zero-order valence-corrected chi connectivity index (χ0v) is 14.1. The van der Waals surface area contributed by atoms with Gasteiger partial charge in [0, 0.05) is 32.1 Å². The summed E-state index contributed by atoms with van der Waals surface area (Å²) in [7, 11) is 1.80. The van der Waals surface area contributed by atoms with E-state index in [1.165, 1.54) is 12.0 Å². The van der Waals surface area contributed by atoms with Crippen molar-refractivity contribution in [3.8, 4) is 0 Å². The van der Waals surface area contributed by atoms with Crippen molar-refractivity contribution < 1.29 is 4.52 Å². The molecule has 120 valence electrons. The molecule has 1 aromatic heterocycles. The molecule has 2 N–H and O–H groups in total. The van der Waals surface area contributed by atoms with E-state index in [0.717, 1.165) is 49.1 Å². The van der Waals surface area contributed by atoms with Gasteiger partial charge in [0.1, 0.15) is 5.76 Å². The summed E-state index contributed by atoms with van der Waals surface area (Å²) in [5.41, 5.74) is 2.21. The van der Waals surface area contributed by atoms with E-state index in [0.29, 0.717) is 6.54 Å². The Morgan fingerprint density at radius 1 is 1.24 bits per heavy atom. The lowest BCUT2D eigenvalue weighted by atomic mass is 10.1. The highest BCUT2D eigenvalue weighted by Gasteiger charge is 2.13. The fourth-order valence-corrected chi connectivity index (χ4v) is 2.25. The molecule has 21 heavy (non-hydrogen) atoms. The van der Waals surface area contributed by atoms with Crippen molar-refractivity contribution in [3.63, 3.8) is 0 Å². The van der Waals surface area contributed by atoms with Gasteiger partial charge in [0.05, 0.1) is 5.69 Å². The minimum absolute atomic E-state index is 0.708. The molecule has 0 saturated heterocycles. The molecule has 5 heteroatoms. The first-order valence-corrected chi connectivity index (χ1v) is 8.03. The molecule has 1 aromatic rings. The molecular weight excluding hydrogens is 264 g/mol. The van der Waals surface area contributed by atoms with Gasteiger partial charge in [-0.05, 0) is 25.2 Å². The second-order valence-corrected chi connectivity index (χ2v) is 5.63. The molecule has 1 heterocycles. The van der Waals surface area contributed by atoms with Crippen molar-refractivity contribution in [1.82, 2.24) is 15.8 Å². The van der Waals surface area contributed by atoms with Gasteiger partial charge in [0.15, 0.2) is 5.96 Å². The van der Waals surface area contributed by atoms with E-state index in [4.69, 9.17) is 4.52 Å². The SMILES string of the molecule is CCc1noc(CC)c1CNC(=NC)NCCCC(C)C. The van der Waals surface area contributed by atoms with E-state index in [2.05, 4.69) is 48.5 Å². The number of nitrogens with zero attached hydrogens (tertiary/aromatic N) is 2. The van der Waals surface area contributed by atoms with Gasteiger partial charge in [-0.15, -0.1) is 0 Å². The molecule has 0 bridgehead atoms. The highest BCUT2D eigenvalue weighted by molar-refractivity contribution is 5.79. The number of hydrogen-bond acceptors (Lipinski definition) is 3. The Morgan fingerprint density at radius 3 is 2.57 bits per heavy atom. The third-order valence-electron chi connectivity index (χ3n) is 3.51. The van der Waals surface area contributed by atoms with E-state index in [1.807, 2.05) is 0 Å². The highest BCUT2D eigenvalue weighted by Crippen LogP contribution is 2.15. The molecule has 0 aliphatic carbocycles. The van der Waals surface area contributed by atoms with Crippen molar-refractivity contribution in [1.29, 1.82) is 0 Å². The quantitative estimate of drug-likeness (QED) is 0.439.